The van der Waals surface area contributed by atoms with Crippen molar-refractivity contribution in [2.75, 3.05) is 26.2 Å². The number of benzene rings is 2. The molecule has 1 aliphatic rings. The number of aryl methyl sites for hydroxylation is 2. The Hall–Kier alpha value is -4.71. The van der Waals surface area contributed by atoms with Crippen LogP contribution >= 0.6 is 0 Å². The van der Waals surface area contributed by atoms with E-state index in [1.54, 1.807) is 6.07 Å². The number of amides is 4. The molecule has 3 heterocycles. The van der Waals surface area contributed by atoms with E-state index < -0.39 is 18.0 Å². The number of imidazole rings is 1. The molecule has 2 aromatic carbocycles. The number of fused-ring (bicyclic) bond motifs is 2. The SMILES string of the molecule is CC[C@@H]1NC(=O)CNCCCNC(=O)c2ccc3nc(C)n(c3c2)CCCNC(=O)[C@@H](Cc2c[nH]c3ccccc23)NC1=O. The van der Waals surface area contributed by atoms with E-state index in [9.17, 15) is 19.2 Å². The van der Waals surface area contributed by atoms with Gasteiger partial charge in [-0.25, -0.2) is 4.98 Å². The van der Waals surface area contributed by atoms with Gasteiger partial charge in [-0.05, 0) is 62.6 Å². The van der Waals surface area contributed by atoms with Crippen LogP contribution in [0.2, 0.25) is 0 Å². The van der Waals surface area contributed by atoms with Crippen molar-refractivity contribution in [3.63, 3.8) is 0 Å². The number of hydrogen-bond donors (Lipinski definition) is 6. The zero-order valence-corrected chi connectivity index (χ0v) is 25.2. The van der Waals surface area contributed by atoms with Crippen LogP contribution in [0.15, 0.2) is 48.7 Å². The second-order valence-electron chi connectivity index (χ2n) is 11.1. The van der Waals surface area contributed by atoms with Gasteiger partial charge in [-0.2, -0.15) is 0 Å². The summed E-state index contributed by atoms with van der Waals surface area (Å²) in [4.78, 5) is 60.1. The third-order valence-electron chi connectivity index (χ3n) is 7.95. The number of para-hydroxylation sites is 1. The number of carbonyl (C=O) groups is 4. The van der Waals surface area contributed by atoms with Gasteiger partial charge < -0.3 is 36.1 Å². The van der Waals surface area contributed by atoms with Gasteiger partial charge in [0.2, 0.25) is 17.7 Å². The lowest BCUT2D eigenvalue weighted by Gasteiger charge is -2.23. The highest BCUT2D eigenvalue weighted by Gasteiger charge is 2.27. The Morgan fingerprint density at radius 3 is 2.57 bits per heavy atom. The van der Waals surface area contributed by atoms with Crippen LogP contribution in [0.4, 0.5) is 0 Å². The van der Waals surface area contributed by atoms with Crippen LogP contribution in [-0.2, 0) is 27.3 Å². The van der Waals surface area contributed by atoms with Crippen LogP contribution in [0.5, 0.6) is 0 Å². The molecular formula is C32H40N8O4. The molecule has 0 spiro atoms. The Bertz CT molecular complexity index is 1660. The van der Waals surface area contributed by atoms with Crippen molar-refractivity contribution >= 4 is 45.6 Å². The van der Waals surface area contributed by atoms with E-state index in [1.807, 2.05) is 61.0 Å². The maximum atomic E-state index is 13.5. The third-order valence-corrected chi connectivity index (χ3v) is 7.95. The number of rotatable bonds is 3. The Labute approximate surface area is 255 Å². The van der Waals surface area contributed by atoms with Crippen molar-refractivity contribution in [2.45, 2.75) is 58.2 Å². The second-order valence-corrected chi connectivity index (χ2v) is 11.1. The maximum absolute atomic E-state index is 13.5. The molecule has 2 aromatic heterocycles. The van der Waals surface area contributed by atoms with Gasteiger partial charge >= 0.3 is 0 Å². The van der Waals surface area contributed by atoms with Crippen molar-refractivity contribution in [3.05, 3.63) is 65.6 Å². The number of hydrogen-bond acceptors (Lipinski definition) is 6. The summed E-state index contributed by atoms with van der Waals surface area (Å²) in [7, 11) is 0. The van der Waals surface area contributed by atoms with Gasteiger partial charge in [0.15, 0.2) is 0 Å². The lowest BCUT2D eigenvalue weighted by atomic mass is 10.0. The Morgan fingerprint density at radius 1 is 0.909 bits per heavy atom. The molecule has 44 heavy (non-hydrogen) atoms. The topological polar surface area (TPSA) is 162 Å². The minimum Gasteiger partial charge on any atom is -0.361 e. The number of aromatic nitrogens is 3. The molecule has 12 heteroatoms. The minimum absolute atomic E-state index is 0.0248. The molecule has 0 aliphatic carbocycles. The fourth-order valence-corrected chi connectivity index (χ4v) is 5.56. The first-order valence-corrected chi connectivity index (χ1v) is 15.2. The summed E-state index contributed by atoms with van der Waals surface area (Å²) in [5, 5.41) is 15.6. The van der Waals surface area contributed by atoms with Crippen LogP contribution in [0, 0.1) is 6.92 Å². The zero-order chi connectivity index (χ0) is 31.1. The molecule has 0 radical (unpaired) electrons. The number of aromatic amines is 1. The molecule has 0 saturated carbocycles. The molecule has 5 rings (SSSR count). The number of nitrogens with one attached hydrogen (secondary N) is 6. The van der Waals surface area contributed by atoms with E-state index in [2.05, 4.69) is 36.6 Å². The van der Waals surface area contributed by atoms with E-state index >= 15 is 0 Å². The van der Waals surface area contributed by atoms with Crippen molar-refractivity contribution in [3.8, 4) is 0 Å². The van der Waals surface area contributed by atoms with Crippen LogP contribution in [0.25, 0.3) is 21.9 Å². The Kier molecular flexibility index (Phi) is 9.90. The quantitative estimate of drug-likeness (QED) is 0.210. The lowest BCUT2D eigenvalue weighted by molar-refractivity contribution is -0.132. The largest absolute Gasteiger partial charge is 0.361 e. The molecule has 2 bridgehead atoms. The van der Waals surface area contributed by atoms with Crippen LogP contribution in [0.1, 0.15) is 47.9 Å². The molecule has 4 aromatic rings. The predicted molar refractivity (Wildman–Crippen MR) is 168 cm³/mol. The first kappa shape index (κ1) is 30.7. The zero-order valence-electron chi connectivity index (χ0n) is 25.2. The van der Waals surface area contributed by atoms with Crippen LogP contribution < -0.4 is 26.6 Å². The second kappa shape index (κ2) is 14.2. The van der Waals surface area contributed by atoms with Gasteiger partial charge in [0.1, 0.15) is 17.9 Å². The predicted octanol–water partition coefficient (Wildman–Crippen LogP) is 1.68. The molecule has 0 fully saturated rings. The van der Waals surface area contributed by atoms with E-state index in [0.29, 0.717) is 51.0 Å². The standard InChI is InChI=1S/C32H40N8O4/c1-3-24-32(44)39-27(16-22-18-36-25-9-5-4-8-23(22)25)31(43)35-14-7-15-40-20(2)37-26-11-10-21(17-28(26)40)30(42)34-13-6-12-33-19-29(41)38-24/h4-5,8-11,17-18,24,27,33,36H,3,6-7,12-16,19H2,1-2H3,(H,34,42)(H,35,43)(H,38,41)(H,39,44)/t24-,27+/m0/s1. The van der Waals surface area contributed by atoms with Crippen LogP contribution in [-0.4, -0.2) is 76.4 Å². The van der Waals surface area contributed by atoms with Crippen molar-refractivity contribution in [1.29, 1.82) is 0 Å². The first-order valence-electron chi connectivity index (χ1n) is 15.2. The monoisotopic (exact) mass is 600 g/mol. The van der Waals surface area contributed by atoms with Gasteiger partial charge in [-0.1, -0.05) is 25.1 Å². The Morgan fingerprint density at radius 2 is 1.73 bits per heavy atom. The summed E-state index contributed by atoms with van der Waals surface area (Å²) in [5.41, 5.74) is 4.05. The number of H-pyrrole nitrogens is 1. The average Bonchev–Trinajstić information content (AvgIpc) is 3.57. The normalized spacial score (nSPS) is 20.0. The van der Waals surface area contributed by atoms with Gasteiger partial charge in [0.05, 0.1) is 17.6 Å². The third kappa shape index (κ3) is 7.25. The van der Waals surface area contributed by atoms with Crippen molar-refractivity contribution < 1.29 is 19.2 Å². The van der Waals surface area contributed by atoms with Gasteiger partial charge in [-0.15, -0.1) is 0 Å². The van der Waals surface area contributed by atoms with Crippen LogP contribution in [0.3, 0.4) is 0 Å². The number of nitrogens with zero attached hydrogens (tertiary/aromatic N) is 2. The highest BCUT2D eigenvalue weighted by molar-refractivity contribution is 5.97. The minimum atomic E-state index is -0.847. The summed E-state index contributed by atoms with van der Waals surface area (Å²) in [6, 6.07) is 11.6. The molecule has 6 N–H and O–H groups in total. The highest BCUT2D eigenvalue weighted by atomic mass is 16.2. The number of carbonyl (C=O) groups excluding carboxylic acids is 4. The fraction of sp³-hybridized carbons (Fsp3) is 0.406. The van der Waals surface area contributed by atoms with Gasteiger partial charge in [-0.3, -0.25) is 19.2 Å². The highest BCUT2D eigenvalue weighted by Crippen LogP contribution is 2.20. The lowest BCUT2D eigenvalue weighted by Crippen LogP contribution is -2.55. The molecule has 0 unspecified atom stereocenters. The summed E-state index contributed by atoms with van der Waals surface area (Å²) in [6.07, 6.45) is 3.75. The molecule has 12 nitrogen and oxygen atoms in total. The molecule has 232 valence electrons. The molecular weight excluding hydrogens is 560 g/mol. The van der Waals surface area contributed by atoms with E-state index in [0.717, 1.165) is 33.3 Å². The summed E-state index contributed by atoms with van der Waals surface area (Å²) in [5.74, 6) is -0.401. The van der Waals surface area contributed by atoms with Gasteiger partial charge in [0.25, 0.3) is 5.91 Å². The van der Waals surface area contributed by atoms with E-state index in [-0.39, 0.29) is 30.7 Å². The molecule has 0 saturated heterocycles. The Balaban J connectivity index is 1.36. The summed E-state index contributed by atoms with van der Waals surface area (Å²) in [6.45, 7) is 5.67. The molecule has 1 aliphatic heterocycles. The molecule has 2 atom stereocenters. The molecule has 4 amide bonds. The fourth-order valence-electron chi connectivity index (χ4n) is 5.56. The average molecular weight is 601 g/mol. The first-order chi connectivity index (χ1) is 21.3. The summed E-state index contributed by atoms with van der Waals surface area (Å²) < 4.78 is 2.05. The van der Waals surface area contributed by atoms with E-state index in [1.165, 1.54) is 0 Å². The maximum Gasteiger partial charge on any atom is 0.251 e. The van der Waals surface area contributed by atoms with E-state index in [4.69, 9.17) is 0 Å². The van der Waals surface area contributed by atoms with Crippen molar-refractivity contribution in [1.82, 2.24) is 41.1 Å². The summed E-state index contributed by atoms with van der Waals surface area (Å²) >= 11 is 0. The van der Waals surface area contributed by atoms with Gasteiger partial charge in [0, 0.05) is 48.7 Å². The smallest absolute Gasteiger partial charge is 0.251 e. The van der Waals surface area contributed by atoms with Crippen molar-refractivity contribution in [2.24, 2.45) is 0 Å².